The molecule has 0 amide bonds. The monoisotopic (exact) mass is 311 g/mol. The molecule has 110 valence electrons. The van der Waals surface area contributed by atoms with E-state index in [0.29, 0.717) is 19.2 Å². The molecule has 1 aliphatic rings. The topological polar surface area (TPSA) is 20.3 Å². The molecule has 2 nitrogen and oxygen atoms in total. The smallest absolute Gasteiger partial charge is 0.177 e. The van der Waals surface area contributed by atoms with E-state index in [1.54, 1.807) is 4.90 Å². The van der Waals surface area contributed by atoms with Gasteiger partial charge in [-0.1, -0.05) is 30.3 Å². The molecule has 0 N–H and O–H groups in total. The van der Waals surface area contributed by atoms with Gasteiger partial charge in [0, 0.05) is 24.9 Å². The molecule has 0 saturated heterocycles. The Morgan fingerprint density at radius 2 is 1.81 bits per heavy atom. The van der Waals surface area contributed by atoms with E-state index in [1.165, 1.54) is 0 Å². The predicted molar refractivity (Wildman–Crippen MR) is 75.1 cm³/mol. The van der Waals surface area contributed by atoms with Crippen molar-refractivity contribution in [3.05, 3.63) is 59.4 Å². The minimum absolute atomic E-state index is 0.0951. The Labute approximate surface area is 122 Å². The van der Waals surface area contributed by atoms with E-state index >= 15 is 0 Å². The maximum Gasteiger partial charge on any atom is 0.177 e. The Kier molecular flexibility index (Phi) is 3.71. The SMILES string of the molecule is O=S1CCN(Cc2ccccc2)c2c(F)cc(F)c(F)c21. The summed E-state index contributed by atoms with van der Waals surface area (Å²) in [5, 5.41) is 0. The van der Waals surface area contributed by atoms with E-state index < -0.39 is 28.3 Å². The quantitative estimate of drug-likeness (QED) is 0.794. The molecule has 0 aliphatic carbocycles. The summed E-state index contributed by atoms with van der Waals surface area (Å²) in [6.07, 6.45) is 0. The van der Waals surface area contributed by atoms with Crippen LogP contribution in [0, 0.1) is 17.5 Å². The molecule has 21 heavy (non-hydrogen) atoms. The highest BCUT2D eigenvalue weighted by molar-refractivity contribution is 7.85. The van der Waals surface area contributed by atoms with Crippen molar-refractivity contribution in [3.8, 4) is 0 Å². The van der Waals surface area contributed by atoms with Crippen LogP contribution in [0.15, 0.2) is 41.3 Å². The zero-order valence-corrected chi connectivity index (χ0v) is 11.8. The van der Waals surface area contributed by atoms with Crippen molar-refractivity contribution in [1.29, 1.82) is 0 Å². The van der Waals surface area contributed by atoms with E-state index in [2.05, 4.69) is 0 Å². The summed E-state index contributed by atoms with van der Waals surface area (Å²) in [5.41, 5.74) is 0.822. The van der Waals surface area contributed by atoms with Gasteiger partial charge in [-0.2, -0.15) is 0 Å². The summed E-state index contributed by atoms with van der Waals surface area (Å²) in [5.74, 6) is -3.25. The molecular weight excluding hydrogens is 299 g/mol. The van der Waals surface area contributed by atoms with Crippen LogP contribution < -0.4 is 4.90 Å². The Bertz CT molecular complexity index is 706. The molecule has 0 radical (unpaired) electrons. The van der Waals surface area contributed by atoms with Crippen LogP contribution in [0.5, 0.6) is 0 Å². The highest BCUT2D eigenvalue weighted by Crippen LogP contribution is 2.35. The number of fused-ring (bicyclic) bond motifs is 1. The number of halogens is 3. The standard InChI is InChI=1S/C15H12F3NOS/c16-11-8-12(17)14-15(13(11)18)21(20)7-6-19(14)9-10-4-2-1-3-5-10/h1-5,8H,6-7,9H2. The lowest BCUT2D eigenvalue weighted by Crippen LogP contribution is -2.34. The molecule has 0 saturated carbocycles. The van der Waals surface area contributed by atoms with Gasteiger partial charge in [0.05, 0.1) is 16.5 Å². The number of hydrogen-bond donors (Lipinski definition) is 0. The Morgan fingerprint density at radius 1 is 1.10 bits per heavy atom. The number of nitrogens with zero attached hydrogens (tertiary/aromatic N) is 1. The third kappa shape index (κ3) is 2.55. The lowest BCUT2D eigenvalue weighted by Gasteiger charge is -2.31. The van der Waals surface area contributed by atoms with Crippen LogP contribution in [-0.2, 0) is 17.3 Å². The van der Waals surface area contributed by atoms with Crippen molar-refractivity contribution >= 4 is 16.5 Å². The first-order valence-corrected chi connectivity index (χ1v) is 7.74. The van der Waals surface area contributed by atoms with Gasteiger partial charge in [-0.25, -0.2) is 13.2 Å². The van der Waals surface area contributed by atoms with Gasteiger partial charge in [0.1, 0.15) is 4.90 Å². The number of hydrogen-bond acceptors (Lipinski definition) is 2. The molecule has 1 aliphatic heterocycles. The molecule has 0 spiro atoms. The summed E-state index contributed by atoms with van der Waals surface area (Å²) in [6.45, 7) is 0.684. The van der Waals surface area contributed by atoms with Crippen molar-refractivity contribution in [1.82, 2.24) is 0 Å². The fourth-order valence-corrected chi connectivity index (χ4v) is 3.77. The van der Waals surface area contributed by atoms with Crippen LogP contribution in [0.25, 0.3) is 0 Å². The van der Waals surface area contributed by atoms with Gasteiger partial charge in [-0.05, 0) is 5.56 Å². The lowest BCUT2D eigenvalue weighted by atomic mass is 10.2. The van der Waals surface area contributed by atoms with Gasteiger partial charge >= 0.3 is 0 Å². The van der Waals surface area contributed by atoms with Crippen LogP contribution in [-0.4, -0.2) is 16.5 Å². The third-order valence-electron chi connectivity index (χ3n) is 3.41. The van der Waals surface area contributed by atoms with Gasteiger partial charge in [-0.3, -0.25) is 4.21 Å². The van der Waals surface area contributed by atoms with Gasteiger partial charge in [0.15, 0.2) is 17.5 Å². The number of rotatable bonds is 2. The highest BCUT2D eigenvalue weighted by Gasteiger charge is 2.31. The third-order valence-corrected chi connectivity index (χ3v) is 4.79. The van der Waals surface area contributed by atoms with Crippen molar-refractivity contribution < 1.29 is 17.4 Å². The van der Waals surface area contributed by atoms with E-state index in [1.807, 2.05) is 30.3 Å². The second-order valence-electron chi connectivity index (χ2n) is 4.79. The second kappa shape index (κ2) is 5.52. The molecule has 6 heteroatoms. The fourth-order valence-electron chi connectivity index (χ4n) is 2.44. The van der Waals surface area contributed by atoms with Gasteiger partial charge in [0.25, 0.3) is 0 Å². The summed E-state index contributed by atoms with van der Waals surface area (Å²) in [7, 11) is -1.72. The van der Waals surface area contributed by atoms with Crippen LogP contribution in [0.2, 0.25) is 0 Å². The molecule has 1 atom stereocenters. The van der Waals surface area contributed by atoms with Gasteiger partial charge < -0.3 is 4.90 Å². The average molecular weight is 311 g/mol. The van der Waals surface area contributed by atoms with Crippen molar-refractivity contribution in [3.63, 3.8) is 0 Å². The zero-order chi connectivity index (χ0) is 15.0. The summed E-state index contributed by atoms with van der Waals surface area (Å²) >= 11 is 0. The molecule has 2 aromatic carbocycles. The Morgan fingerprint density at radius 3 is 2.52 bits per heavy atom. The Hall–Kier alpha value is -1.82. The summed E-state index contributed by atoms with van der Waals surface area (Å²) in [4.78, 5) is 1.24. The van der Waals surface area contributed by atoms with E-state index in [4.69, 9.17) is 0 Å². The fraction of sp³-hybridized carbons (Fsp3) is 0.200. The van der Waals surface area contributed by atoms with Gasteiger partial charge in [0.2, 0.25) is 0 Å². The molecular formula is C15H12F3NOS. The average Bonchev–Trinajstić information content (AvgIpc) is 2.47. The molecule has 3 rings (SSSR count). The van der Waals surface area contributed by atoms with E-state index in [9.17, 15) is 17.4 Å². The molecule has 2 aromatic rings. The summed E-state index contributed by atoms with van der Waals surface area (Å²) in [6, 6.07) is 9.79. The molecule has 1 unspecified atom stereocenters. The minimum atomic E-state index is -1.72. The predicted octanol–water partition coefficient (Wildman–Crippen LogP) is 3.23. The first kappa shape index (κ1) is 14.1. The summed E-state index contributed by atoms with van der Waals surface area (Å²) < 4.78 is 53.2. The van der Waals surface area contributed by atoms with Crippen LogP contribution in [0.4, 0.5) is 18.9 Å². The first-order chi connectivity index (χ1) is 10.1. The van der Waals surface area contributed by atoms with Crippen LogP contribution in [0.3, 0.4) is 0 Å². The molecule has 0 bridgehead atoms. The van der Waals surface area contributed by atoms with E-state index in [-0.39, 0.29) is 16.3 Å². The van der Waals surface area contributed by atoms with Crippen LogP contribution >= 0.6 is 0 Å². The molecule has 0 fully saturated rings. The molecule has 0 aromatic heterocycles. The normalized spacial score (nSPS) is 17.7. The van der Waals surface area contributed by atoms with E-state index in [0.717, 1.165) is 5.56 Å². The number of anilines is 1. The minimum Gasteiger partial charge on any atom is -0.363 e. The largest absolute Gasteiger partial charge is 0.363 e. The lowest BCUT2D eigenvalue weighted by molar-refractivity contribution is 0.471. The first-order valence-electron chi connectivity index (χ1n) is 6.42. The van der Waals surface area contributed by atoms with Gasteiger partial charge in [-0.15, -0.1) is 0 Å². The Balaban J connectivity index is 2.06. The maximum atomic E-state index is 14.1. The van der Waals surface area contributed by atoms with Crippen molar-refractivity contribution in [2.75, 3.05) is 17.2 Å². The second-order valence-corrected chi connectivity index (χ2v) is 6.30. The zero-order valence-electron chi connectivity index (χ0n) is 11.0. The number of benzene rings is 2. The van der Waals surface area contributed by atoms with Crippen molar-refractivity contribution in [2.45, 2.75) is 11.4 Å². The highest BCUT2D eigenvalue weighted by atomic mass is 32.2. The van der Waals surface area contributed by atoms with Crippen molar-refractivity contribution in [2.24, 2.45) is 0 Å². The molecule has 1 heterocycles. The van der Waals surface area contributed by atoms with Crippen LogP contribution in [0.1, 0.15) is 5.56 Å². The maximum absolute atomic E-state index is 14.1.